The molecule has 18 heavy (non-hydrogen) atoms. The summed E-state index contributed by atoms with van der Waals surface area (Å²) in [4.78, 5) is 25.1. The van der Waals surface area contributed by atoms with Crippen LogP contribution in [0.25, 0.3) is 0 Å². The van der Waals surface area contributed by atoms with Crippen LogP contribution in [0.1, 0.15) is 32.1 Å². The van der Waals surface area contributed by atoms with Crippen LogP contribution in [0.3, 0.4) is 0 Å². The van der Waals surface area contributed by atoms with E-state index in [1.165, 1.54) is 0 Å². The molecule has 0 heterocycles. The summed E-state index contributed by atoms with van der Waals surface area (Å²) in [5, 5.41) is 12.0. The molecule has 0 unspecified atom stereocenters. The van der Waals surface area contributed by atoms with Crippen LogP contribution in [0.15, 0.2) is 0 Å². The van der Waals surface area contributed by atoms with E-state index in [9.17, 15) is 9.59 Å². The Morgan fingerprint density at radius 3 is 2.39 bits per heavy atom. The first kappa shape index (κ1) is 15.0. The molecule has 104 valence electrons. The molecule has 2 atom stereocenters. The summed E-state index contributed by atoms with van der Waals surface area (Å²) in [7, 11) is 3.98. The topological polar surface area (TPSA) is 69.6 Å². The highest BCUT2D eigenvalue weighted by Gasteiger charge is 2.35. The van der Waals surface area contributed by atoms with Gasteiger partial charge in [0.2, 0.25) is 5.91 Å². The van der Waals surface area contributed by atoms with E-state index in [-0.39, 0.29) is 11.8 Å². The summed E-state index contributed by atoms with van der Waals surface area (Å²) in [6.45, 7) is 1.55. The first-order chi connectivity index (χ1) is 8.52. The Hall–Kier alpha value is -1.10. The van der Waals surface area contributed by atoms with Crippen molar-refractivity contribution < 1.29 is 14.7 Å². The molecule has 0 aromatic heterocycles. The lowest BCUT2D eigenvalue weighted by atomic mass is 9.79. The minimum Gasteiger partial charge on any atom is -0.481 e. The van der Waals surface area contributed by atoms with Crippen LogP contribution in [0.5, 0.6) is 0 Å². The summed E-state index contributed by atoms with van der Waals surface area (Å²) in [6, 6.07) is 0. The Balaban J connectivity index is 2.36. The van der Waals surface area contributed by atoms with Crippen LogP contribution >= 0.6 is 0 Å². The van der Waals surface area contributed by atoms with Gasteiger partial charge in [0.25, 0.3) is 0 Å². The van der Waals surface area contributed by atoms with Gasteiger partial charge in [0.15, 0.2) is 0 Å². The monoisotopic (exact) mass is 256 g/mol. The Labute approximate surface area is 109 Å². The Morgan fingerprint density at radius 1 is 1.22 bits per heavy atom. The highest BCUT2D eigenvalue weighted by Crippen LogP contribution is 2.30. The first-order valence-corrected chi connectivity index (χ1v) is 6.67. The predicted molar refractivity (Wildman–Crippen MR) is 69.3 cm³/mol. The van der Waals surface area contributed by atoms with Crippen LogP contribution in [-0.2, 0) is 9.59 Å². The van der Waals surface area contributed by atoms with E-state index in [1.807, 2.05) is 14.1 Å². The first-order valence-electron chi connectivity index (χ1n) is 6.67. The molecule has 0 spiro atoms. The summed E-state index contributed by atoms with van der Waals surface area (Å²) >= 11 is 0. The zero-order valence-corrected chi connectivity index (χ0v) is 11.3. The molecule has 1 saturated carbocycles. The molecule has 0 radical (unpaired) electrons. The fraction of sp³-hybridized carbons (Fsp3) is 0.846. The lowest BCUT2D eigenvalue weighted by molar-refractivity contribution is -0.148. The van der Waals surface area contributed by atoms with Gasteiger partial charge in [-0.1, -0.05) is 12.8 Å². The van der Waals surface area contributed by atoms with Gasteiger partial charge in [-0.3, -0.25) is 9.59 Å². The van der Waals surface area contributed by atoms with Crippen molar-refractivity contribution in [3.63, 3.8) is 0 Å². The summed E-state index contributed by atoms with van der Waals surface area (Å²) < 4.78 is 0. The van der Waals surface area contributed by atoms with Gasteiger partial charge in [-0.2, -0.15) is 0 Å². The van der Waals surface area contributed by atoms with E-state index in [2.05, 4.69) is 10.2 Å². The van der Waals surface area contributed by atoms with E-state index in [0.717, 1.165) is 25.8 Å². The van der Waals surface area contributed by atoms with Gasteiger partial charge >= 0.3 is 5.97 Å². The fourth-order valence-corrected chi connectivity index (χ4v) is 2.48. The average Bonchev–Trinajstić information content (AvgIpc) is 2.34. The highest BCUT2D eigenvalue weighted by molar-refractivity contribution is 5.84. The summed E-state index contributed by atoms with van der Waals surface area (Å²) in [6.07, 6.45) is 4.10. The van der Waals surface area contributed by atoms with Gasteiger partial charge in [0, 0.05) is 6.54 Å². The Bertz CT molecular complexity index is 292. The molecule has 1 rings (SSSR count). The van der Waals surface area contributed by atoms with E-state index < -0.39 is 11.9 Å². The van der Waals surface area contributed by atoms with Crippen LogP contribution in [0.2, 0.25) is 0 Å². The number of hydrogen-bond donors (Lipinski definition) is 2. The fourth-order valence-electron chi connectivity index (χ4n) is 2.48. The van der Waals surface area contributed by atoms with Crippen molar-refractivity contribution >= 4 is 11.9 Å². The van der Waals surface area contributed by atoms with Gasteiger partial charge in [-0.15, -0.1) is 0 Å². The number of aliphatic carboxylic acids is 1. The SMILES string of the molecule is CN(C)CCCNC(=O)[C@@H]1CCCC[C@@H]1C(=O)O. The van der Waals surface area contributed by atoms with Crippen LogP contribution in [0, 0.1) is 11.8 Å². The largest absolute Gasteiger partial charge is 0.481 e. The predicted octanol–water partition coefficient (Wildman–Crippen LogP) is 0.945. The van der Waals surface area contributed by atoms with Gasteiger partial charge in [-0.05, 0) is 39.9 Å². The maximum absolute atomic E-state index is 12.0. The zero-order chi connectivity index (χ0) is 13.5. The zero-order valence-electron chi connectivity index (χ0n) is 11.3. The van der Waals surface area contributed by atoms with Crippen LogP contribution in [0.4, 0.5) is 0 Å². The molecule has 2 N–H and O–H groups in total. The maximum atomic E-state index is 12.0. The molecule has 1 aliphatic carbocycles. The van der Waals surface area contributed by atoms with Gasteiger partial charge in [-0.25, -0.2) is 0 Å². The lowest BCUT2D eigenvalue weighted by Gasteiger charge is -2.27. The second-order valence-electron chi connectivity index (χ2n) is 5.28. The number of carboxylic acid groups (broad SMARTS) is 1. The van der Waals surface area contributed by atoms with Crippen LogP contribution < -0.4 is 5.32 Å². The molecule has 1 aliphatic rings. The molecular weight excluding hydrogens is 232 g/mol. The van der Waals surface area contributed by atoms with Crippen LogP contribution in [-0.4, -0.2) is 49.1 Å². The molecule has 1 amide bonds. The van der Waals surface area contributed by atoms with Crippen molar-refractivity contribution in [3.8, 4) is 0 Å². The molecule has 5 heteroatoms. The molecule has 0 aromatic carbocycles. The molecule has 0 saturated heterocycles. The minimum atomic E-state index is -0.830. The van der Waals surface area contributed by atoms with Crippen molar-refractivity contribution in [2.75, 3.05) is 27.2 Å². The molecule has 0 bridgehead atoms. The number of carbonyl (C=O) groups excluding carboxylic acids is 1. The molecule has 0 aromatic rings. The van der Waals surface area contributed by atoms with E-state index >= 15 is 0 Å². The van der Waals surface area contributed by atoms with E-state index in [0.29, 0.717) is 19.4 Å². The average molecular weight is 256 g/mol. The molecule has 0 aliphatic heterocycles. The summed E-state index contributed by atoms with van der Waals surface area (Å²) in [5.41, 5.74) is 0. The number of amides is 1. The Kier molecular flexibility index (Phi) is 6.12. The standard InChI is InChI=1S/C13H24N2O3/c1-15(2)9-5-8-14-12(16)10-6-3-4-7-11(10)13(17)18/h10-11H,3-9H2,1-2H3,(H,14,16)(H,17,18)/t10-,11+/m1/s1. The second kappa shape index (κ2) is 7.36. The number of hydrogen-bond acceptors (Lipinski definition) is 3. The van der Waals surface area contributed by atoms with E-state index in [1.54, 1.807) is 0 Å². The number of carboxylic acids is 1. The third kappa shape index (κ3) is 4.64. The third-order valence-electron chi connectivity index (χ3n) is 3.50. The van der Waals surface area contributed by atoms with Crippen molar-refractivity contribution in [2.45, 2.75) is 32.1 Å². The molecular formula is C13H24N2O3. The van der Waals surface area contributed by atoms with E-state index in [4.69, 9.17) is 5.11 Å². The smallest absolute Gasteiger partial charge is 0.307 e. The van der Waals surface area contributed by atoms with Gasteiger partial charge in [0.05, 0.1) is 11.8 Å². The molecule has 1 fully saturated rings. The van der Waals surface area contributed by atoms with Crippen molar-refractivity contribution in [1.29, 1.82) is 0 Å². The normalized spacial score (nSPS) is 23.9. The minimum absolute atomic E-state index is 0.0825. The van der Waals surface area contributed by atoms with Crippen molar-refractivity contribution in [2.24, 2.45) is 11.8 Å². The summed E-state index contributed by atoms with van der Waals surface area (Å²) in [5.74, 6) is -1.74. The Morgan fingerprint density at radius 2 is 1.83 bits per heavy atom. The lowest BCUT2D eigenvalue weighted by Crippen LogP contribution is -2.40. The van der Waals surface area contributed by atoms with Gasteiger partial charge in [0.1, 0.15) is 0 Å². The maximum Gasteiger partial charge on any atom is 0.307 e. The second-order valence-corrected chi connectivity index (χ2v) is 5.28. The number of rotatable bonds is 6. The highest BCUT2D eigenvalue weighted by atomic mass is 16.4. The number of carbonyl (C=O) groups is 2. The number of nitrogens with zero attached hydrogens (tertiary/aromatic N) is 1. The van der Waals surface area contributed by atoms with Crippen molar-refractivity contribution in [3.05, 3.63) is 0 Å². The molecule has 5 nitrogen and oxygen atoms in total. The van der Waals surface area contributed by atoms with Crippen molar-refractivity contribution in [1.82, 2.24) is 10.2 Å². The third-order valence-corrected chi connectivity index (χ3v) is 3.50. The van der Waals surface area contributed by atoms with Gasteiger partial charge < -0.3 is 15.3 Å². The quantitative estimate of drug-likeness (QED) is 0.694. The number of nitrogens with one attached hydrogen (secondary N) is 1.